The highest BCUT2D eigenvalue weighted by Crippen LogP contribution is 2.50. The van der Waals surface area contributed by atoms with E-state index in [0.717, 1.165) is 27.4 Å². The van der Waals surface area contributed by atoms with Crippen molar-refractivity contribution < 1.29 is 8.42 Å². The summed E-state index contributed by atoms with van der Waals surface area (Å²) in [6.07, 6.45) is 6.94. The highest BCUT2D eigenvalue weighted by Gasteiger charge is 2.44. The second-order valence-electron chi connectivity index (χ2n) is 6.36. The van der Waals surface area contributed by atoms with Crippen molar-refractivity contribution in [3.8, 4) is 0 Å². The Bertz CT molecular complexity index is 949. The minimum Gasteiger partial charge on any atom is -0.229 e. The lowest BCUT2D eigenvalue weighted by Gasteiger charge is -2.31. The Hall–Kier alpha value is -1.39. The molecule has 0 saturated heterocycles. The van der Waals surface area contributed by atoms with Gasteiger partial charge in [0.15, 0.2) is 14.2 Å². The van der Waals surface area contributed by atoms with E-state index in [1.165, 1.54) is 48.6 Å². The molecule has 132 valence electrons. The van der Waals surface area contributed by atoms with Crippen LogP contribution in [-0.4, -0.2) is 24.7 Å². The van der Waals surface area contributed by atoms with Gasteiger partial charge >= 0.3 is 0 Å². The molecule has 1 aromatic carbocycles. The molecule has 0 amide bonds. The summed E-state index contributed by atoms with van der Waals surface area (Å²) in [6.45, 7) is 0. The third-order valence-corrected chi connectivity index (χ3v) is 8.04. The van der Waals surface area contributed by atoms with Gasteiger partial charge in [-0.25, -0.2) is 13.4 Å². The second-order valence-corrected chi connectivity index (χ2v) is 10.9. The standard InChI is InChI=1S/C15H17N5O2S3/c1-25(21,22)11-7-8-12-13(9-11)23-14(16-12)24-15(17-19-20-18-15)10-5-3-2-4-6-10/h7-10H,2-6H2,1H3. The van der Waals surface area contributed by atoms with Crippen LogP contribution in [0.25, 0.3) is 10.2 Å². The van der Waals surface area contributed by atoms with Crippen LogP contribution in [0.4, 0.5) is 0 Å². The van der Waals surface area contributed by atoms with Crippen molar-refractivity contribution in [2.24, 2.45) is 26.6 Å². The van der Waals surface area contributed by atoms with Gasteiger partial charge in [0.2, 0.25) is 4.99 Å². The monoisotopic (exact) mass is 395 g/mol. The van der Waals surface area contributed by atoms with E-state index in [1.54, 1.807) is 18.2 Å². The topological polar surface area (TPSA) is 96.5 Å². The first-order valence-electron chi connectivity index (χ1n) is 8.10. The lowest BCUT2D eigenvalue weighted by atomic mass is 9.87. The highest BCUT2D eigenvalue weighted by molar-refractivity contribution is 8.02. The molecule has 0 N–H and O–H groups in total. The van der Waals surface area contributed by atoms with Gasteiger partial charge in [-0.05, 0) is 53.2 Å². The average molecular weight is 396 g/mol. The zero-order valence-corrected chi connectivity index (χ0v) is 16.1. The van der Waals surface area contributed by atoms with Crippen LogP contribution >= 0.6 is 23.1 Å². The fourth-order valence-electron chi connectivity index (χ4n) is 3.24. The fourth-order valence-corrected chi connectivity index (χ4v) is 6.46. The molecule has 0 spiro atoms. The number of hydrogen-bond donors (Lipinski definition) is 0. The van der Waals surface area contributed by atoms with Crippen LogP contribution in [-0.2, 0) is 9.84 Å². The van der Waals surface area contributed by atoms with Gasteiger partial charge in [-0.15, -0.1) is 21.6 Å². The molecule has 0 radical (unpaired) electrons. The molecule has 0 atom stereocenters. The number of rotatable bonds is 4. The fraction of sp³-hybridized carbons (Fsp3) is 0.533. The number of thiazole rings is 1. The maximum absolute atomic E-state index is 11.7. The van der Waals surface area contributed by atoms with Crippen LogP contribution in [0.15, 0.2) is 48.1 Å². The molecule has 1 aromatic heterocycles. The molecule has 1 saturated carbocycles. The smallest absolute Gasteiger partial charge is 0.229 e. The van der Waals surface area contributed by atoms with Crippen molar-refractivity contribution in [2.45, 2.75) is 46.3 Å². The summed E-state index contributed by atoms with van der Waals surface area (Å²) >= 11 is 2.94. The molecule has 10 heteroatoms. The van der Waals surface area contributed by atoms with Crippen molar-refractivity contribution in [2.75, 3.05) is 6.26 Å². The van der Waals surface area contributed by atoms with Crippen molar-refractivity contribution in [3.63, 3.8) is 0 Å². The van der Waals surface area contributed by atoms with E-state index in [4.69, 9.17) is 0 Å². The van der Waals surface area contributed by atoms with Crippen molar-refractivity contribution in [1.29, 1.82) is 0 Å². The quantitative estimate of drug-likeness (QED) is 0.738. The molecule has 0 unspecified atom stereocenters. The zero-order valence-electron chi connectivity index (χ0n) is 13.6. The van der Waals surface area contributed by atoms with E-state index in [-0.39, 0.29) is 0 Å². The molecule has 4 rings (SSSR count). The van der Waals surface area contributed by atoms with Gasteiger partial charge in [0, 0.05) is 12.2 Å². The maximum Gasteiger partial charge on any atom is 0.249 e. The Morgan fingerprint density at radius 3 is 2.56 bits per heavy atom. The lowest BCUT2D eigenvalue weighted by Crippen LogP contribution is -2.30. The molecule has 0 bridgehead atoms. The van der Waals surface area contributed by atoms with Crippen LogP contribution in [0.2, 0.25) is 0 Å². The first-order valence-corrected chi connectivity index (χ1v) is 11.6. The predicted molar refractivity (Wildman–Crippen MR) is 97.6 cm³/mol. The first kappa shape index (κ1) is 17.0. The third-order valence-electron chi connectivity index (χ3n) is 4.56. The molecule has 7 nitrogen and oxygen atoms in total. The van der Waals surface area contributed by atoms with Gasteiger partial charge in [0.05, 0.1) is 15.1 Å². The Kier molecular flexibility index (Phi) is 4.37. The molecule has 1 aliphatic heterocycles. The van der Waals surface area contributed by atoms with E-state index in [1.807, 2.05) is 0 Å². The number of nitrogens with zero attached hydrogens (tertiary/aromatic N) is 5. The third kappa shape index (κ3) is 3.34. The van der Waals surface area contributed by atoms with E-state index in [0.29, 0.717) is 10.8 Å². The normalized spacial score (nSPS) is 20.5. The van der Waals surface area contributed by atoms with Gasteiger partial charge in [-0.2, -0.15) is 0 Å². The number of fused-ring (bicyclic) bond motifs is 1. The minimum atomic E-state index is -3.23. The molecule has 2 aromatic rings. The second kappa shape index (κ2) is 6.40. The predicted octanol–water partition coefficient (Wildman–Crippen LogP) is 4.86. The number of thioether (sulfide) groups is 1. The lowest BCUT2D eigenvalue weighted by molar-refractivity contribution is 0.287. The van der Waals surface area contributed by atoms with Crippen molar-refractivity contribution >= 4 is 43.2 Å². The number of benzene rings is 1. The Balaban J connectivity index is 1.67. The van der Waals surface area contributed by atoms with Crippen molar-refractivity contribution in [1.82, 2.24) is 4.98 Å². The van der Waals surface area contributed by atoms with E-state index >= 15 is 0 Å². The van der Waals surface area contributed by atoms with Crippen LogP contribution in [0.5, 0.6) is 0 Å². The largest absolute Gasteiger partial charge is 0.249 e. The van der Waals surface area contributed by atoms with Gasteiger partial charge < -0.3 is 0 Å². The molecular weight excluding hydrogens is 378 g/mol. The summed E-state index contributed by atoms with van der Waals surface area (Å²) in [5.41, 5.74) is 0.783. The molecular formula is C15H17N5O2S3. The summed E-state index contributed by atoms with van der Waals surface area (Å²) in [6, 6.07) is 5.02. The van der Waals surface area contributed by atoms with Gasteiger partial charge in [-0.3, -0.25) is 0 Å². The Morgan fingerprint density at radius 2 is 1.88 bits per heavy atom. The Labute approximate surface area is 153 Å². The zero-order chi connectivity index (χ0) is 17.5. The number of sulfone groups is 1. The van der Waals surface area contributed by atoms with Crippen molar-refractivity contribution in [3.05, 3.63) is 18.2 Å². The molecule has 25 heavy (non-hydrogen) atoms. The van der Waals surface area contributed by atoms with Crippen LogP contribution < -0.4 is 0 Å². The SMILES string of the molecule is CS(=O)(=O)c1ccc2nc(SC3(C4CCCCC4)N=NN=N3)sc2c1. The number of hydrogen-bond acceptors (Lipinski definition) is 9. The van der Waals surface area contributed by atoms with Gasteiger partial charge in [-0.1, -0.05) is 19.3 Å². The minimum absolute atomic E-state index is 0.305. The summed E-state index contributed by atoms with van der Waals surface area (Å²) in [4.78, 5) is 4.22. The molecule has 2 aliphatic rings. The average Bonchev–Trinajstić information content (AvgIpc) is 3.21. The first-order chi connectivity index (χ1) is 12.0. The Morgan fingerprint density at radius 1 is 1.16 bits per heavy atom. The van der Waals surface area contributed by atoms with Gasteiger partial charge in [0.1, 0.15) is 0 Å². The van der Waals surface area contributed by atoms with Crippen LogP contribution in [0, 0.1) is 5.92 Å². The summed E-state index contributed by atoms with van der Waals surface area (Å²) in [7, 11) is -3.23. The van der Waals surface area contributed by atoms with Gasteiger partial charge in [0.25, 0.3) is 0 Å². The van der Waals surface area contributed by atoms with E-state index < -0.39 is 14.8 Å². The maximum atomic E-state index is 11.7. The summed E-state index contributed by atoms with van der Waals surface area (Å²) in [5.74, 6) is 0.305. The number of aromatic nitrogens is 1. The summed E-state index contributed by atoms with van der Waals surface area (Å²) < 4.78 is 25.1. The highest BCUT2D eigenvalue weighted by atomic mass is 32.2. The molecule has 1 aliphatic carbocycles. The van der Waals surface area contributed by atoms with Crippen LogP contribution in [0.3, 0.4) is 0 Å². The van der Waals surface area contributed by atoms with E-state index in [2.05, 4.69) is 25.7 Å². The molecule has 1 fully saturated rings. The van der Waals surface area contributed by atoms with E-state index in [9.17, 15) is 8.42 Å². The molecule has 2 heterocycles. The van der Waals surface area contributed by atoms with Crippen LogP contribution in [0.1, 0.15) is 32.1 Å². The summed E-state index contributed by atoms with van der Waals surface area (Å²) in [5, 5.41) is 16.2.